The van der Waals surface area contributed by atoms with Crippen molar-refractivity contribution in [2.45, 2.75) is 50.7 Å². The SMILES string of the molecule is C(#CC1(N(Cc2ccccc2)Cc2ccccc2)CCCCC1)c1ccccc1. The van der Waals surface area contributed by atoms with Gasteiger partial charge in [0, 0.05) is 18.7 Å². The van der Waals surface area contributed by atoms with Crippen LogP contribution in [0.4, 0.5) is 0 Å². The van der Waals surface area contributed by atoms with Crippen LogP contribution in [0.3, 0.4) is 0 Å². The van der Waals surface area contributed by atoms with E-state index in [1.165, 1.54) is 30.4 Å². The second-order valence-corrected chi connectivity index (χ2v) is 8.04. The number of hydrogen-bond acceptors (Lipinski definition) is 1. The molecule has 0 aromatic heterocycles. The molecule has 1 nitrogen and oxygen atoms in total. The van der Waals surface area contributed by atoms with Crippen LogP contribution in [0.15, 0.2) is 91.0 Å². The van der Waals surface area contributed by atoms with E-state index in [4.69, 9.17) is 0 Å². The van der Waals surface area contributed by atoms with Gasteiger partial charge in [0.1, 0.15) is 0 Å². The molecule has 29 heavy (non-hydrogen) atoms. The number of hydrogen-bond donors (Lipinski definition) is 0. The lowest BCUT2D eigenvalue weighted by Gasteiger charge is -2.43. The van der Waals surface area contributed by atoms with E-state index in [1.807, 2.05) is 0 Å². The molecule has 0 aliphatic heterocycles. The van der Waals surface area contributed by atoms with E-state index >= 15 is 0 Å². The standard InChI is InChI=1S/C28H29N/c1-5-13-25(14-6-1)19-22-28(20-11-4-12-21-28)29(23-26-15-7-2-8-16-26)24-27-17-9-3-10-18-27/h1-3,5-10,13-18H,4,11-12,20-21,23-24H2. The van der Waals surface area contributed by atoms with Gasteiger partial charge in [0.2, 0.25) is 0 Å². The van der Waals surface area contributed by atoms with Crippen LogP contribution in [0, 0.1) is 11.8 Å². The van der Waals surface area contributed by atoms with Gasteiger partial charge in [0.05, 0.1) is 5.54 Å². The topological polar surface area (TPSA) is 3.24 Å². The molecule has 1 fully saturated rings. The summed E-state index contributed by atoms with van der Waals surface area (Å²) in [7, 11) is 0. The molecule has 0 amide bonds. The molecule has 0 radical (unpaired) electrons. The fourth-order valence-electron chi connectivity index (χ4n) is 4.33. The highest BCUT2D eigenvalue weighted by Gasteiger charge is 2.36. The minimum Gasteiger partial charge on any atom is -0.279 e. The third-order valence-electron chi connectivity index (χ3n) is 5.93. The summed E-state index contributed by atoms with van der Waals surface area (Å²) in [5.74, 6) is 7.28. The molecule has 4 rings (SSSR count). The largest absolute Gasteiger partial charge is 0.279 e. The zero-order chi connectivity index (χ0) is 19.8. The van der Waals surface area contributed by atoms with E-state index in [-0.39, 0.29) is 5.54 Å². The van der Waals surface area contributed by atoms with Crippen molar-refractivity contribution in [3.8, 4) is 11.8 Å². The van der Waals surface area contributed by atoms with Crippen molar-refractivity contribution in [3.05, 3.63) is 108 Å². The van der Waals surface area contributed by atoms with Gasteiger partial charge in [-0.2, -0.15) is 0 Å². The Morgan fingerprint density at radius 3 is 1.62 bits per heavy atom. The minimum atomic E-state index is -0.0697. The molecule has 1 aliphatic carbocycles. The molecule has 3 aromatic carbocycles. The number of nitrogens with zero attached hydrogens (tertiary/aromatic N) is 1. The van der Waals surface area contributed by atoms with Crippen LogP contribution in [0.25, 0.3) is 0 Å². The maximum absolute atomic E-state index is 3.77. The molecule has 146 valence electrons. The quantitative estimate of drug-likeness (QED) is 0.461. The third kappa shape index (κ3) is 5.17. The molecule has 1 aliphatic rings. The summed E-state index contributed by atoms with van der Waals surface area (Å²) in [6.07, 6.45) is 6.12. The van der Waals surface area contributed by atoms with Crippen molar-refractivity contribution in [1.29, 1.82) is 0 Å². The van der Waals surface area contributed by atoms with Crippen molar-refractivity contribution in [1.82, 2.24) is 4.90 Å². The zero-order valence-electron chi connectivity index (χ0n) is 17.1. The van der Waals surface area contributed by atoms with Gasteiger partial charge in [-0.3, -0.25) is 4.90 Å². The van der Waals surface area contributed by atoms with Gasteiger partial charge >= 0.3 is 0 Å². The summed E-state index contributed by atoms with van der Waals surface area (Å²) in [5, 5.41) is 0. The van der Waals surface area contributed by atoms with E-state index in [0.717, 1.165) is 31.5 Å². The summed E-state index contributed by atoms with van der Waals surface area (Å²) in [5.41, 5.74) is 3.75. The smallest absolute Gasteiger partial charge is 0.0835 e. The molecule has 3 aromatic rings. The van der Waals surface area contributed by atoms with Crippen molar-refractivity contribution in [2.24, 2.45) is 0 Å². The molecule has 0 heterocycles. The lowest BCUT2D eigenvalue weighted by molar-refractivity contribution is 0.0835. The van der Waals surface area contributed by atoms with E-state index in [9.17, 15) is 0 Å². The van der Waals surface area contributed by atoms with Gasteiger partial charge in [0.15, 0.2) is 0 Å². The van der Waals surface area contributed by atoms with Gasteiger partial charge in [-0.15, -0.1) is 0 Å². The van der Waals surface area contributed by atoms with Gasteiger partial charge in [-0.05, 0) is 36.1 Å². The molecule has 0 spiro atoms. The Kier molecular flexibility index (Phi) is 6.45. The Morgan fingerprint density at radius 1 is 0.621 bits per heavy atom. The predicted molar refractivity (Wildman–Crippen MR) is 121 cm³/mol. The first kappa shape index (κ1) is 19.5. The van der Waals surface area contributed by atoms with E-state index in [0.29, 0.717) is 0 Å². The lowest BCUT2D eigenvalue weighted by atomic mass is 9.80. The Balaban J connectivity index is 1.70. The monoisotopic (exact) mass is 379 g/mol. The van der Waals surface area contributed by atoms with Crippen LogP contribution in [0.5, 0.6) is 0 Å². The summed E-state index contributed by atoms with van der Waals surface area (Å²) < 4.78 is 0. The summed E-state index contributed by atoms with van der Waals surface area (Å²) in [4.78, 5) is 2.63. The fourth-order valence-corrected chi connectivity index (χ4v) is 4.33. The highest BCUT2D eigenvalue weighted by atomic mass is 15.2. The Bertz CT molecular complexity index is 888. The van der Waals surface area contributed by atoms with E-state index < -0.39 is 0 Å². The molecule has 0 saturated heterocycles. The molecule has 0 unspecified atom stereocenters. The first-order valence-electron chi connectivity index (χ1n) is 10.8. The van der Waals surface area contributed by atoms with Crippen molar-refractivity contribution in [3.63, 3.8) is 0 Å². The summed E-state index contributed by atoms with van der Waals surface area (Å²) in [6.45, 7) is 1.86. The third-order valence-corrected chi connectivity index (χ3v) is 5.93. The maximum atomic E-state index is 3.77. The zero-order valence-corrected chi connectivity index (χ0v) is 17.1. The van der Waals surface area contributed by atoms with E-state index in [1.54, 1.807) is 0 Å². The molecule has 1 saturated carbocycles. The molecule has 0 N–H and O–H groups in total. The molecular weight excluding hydrogens is 350 g/mol. The van der Waals surface area contributed by atoms with Crippen LogP contribution in [0.2, 0.25) is 0 Å². The van der Waals surface area contributed by atoms with Gasteiger partial charge in [-0.25, -0.2) is 0 Å². The van der Waals surface area contributed by atoms with Crippen LogP contribution in [-0.2, 0) is 13.1 Å². The average Bonchev–Trinajstić information content (AvgIpc) is 2.80. The fraction of sp³-hybridized carbons (Fsp3) is 0.286. The Labute approximate surface area is 175 Å². The van der Waals surface area contributed by atoms with Crippen molar-refractivity contribution < 1.29 is 0 Å². The maximum Gasteiger partial charge on any atom is 0.0835 e. The number of benzene rings is 3. The van der Waals surface area contributed by atoms with Crippen molar-refractivity contribution in [2.75, 3.05) is 0 Å². The van der Waals surface area contributed by atoms with Crippen LogP contribution in [0.1, 0.15) is 48.8 Å². The molecule has 1 heteroatoms. The first-order chi connectivity index (χ1) is 14.3. The summed E-state index contributed by atoms with van der Waals surface area (Å²) >= 11 is 0. The molecular formula is C28H29N. The predicted octanol–water partition coefficient (Wildman–Crippen LogP) is 6.44. The highest BCUT2D eigenvalue weighted by Crippen LogP contribution is 2.35. The second kappa shape index (κ2) is 9.59. The van der Waals surface area contributed by atoms with Gasteiger partial charge in [0.25, 0.3) is 0 Å². The lowest BCUT2D eigenvalue weighted by Crippen LogP contribution is -2.48. The number of rotatable bonds is 5. The van der Waals surface area contributed by atoms with Crippen LogP contribution in [-0.4, -0.2) is 10.4 Å². The van der Waals surface area contributed by atoms with Crippen LogP contribution >= 0.6 is 0 Å². The summed E-state index contributed by atoms with van der Waals surface area (Å²) in [6, 6.07) is 32.1. The average molecular weight is 380 g/mol. The Morgan fingerprint density at radius 2 is 1.10 bits per heavy atom. The second-order valence-electron chi connectivity index (χ2n) is 8.04. The minimum absolute atomic E-state index is 0.0697. The molecule has 0 atom stereocenters. The van der Waals surface area contributed by atoms with Gasteiger partial charge < -0.3 is 0 Å². The Hall–Kier alpha value is -2.82. The highest BCUT2D eigenvalue weighted by molar-refractivity contribution is 5.37. The van der Waals surface area contributed by atoms with Crippen LogP contribution < -0.4 is 0 Å². The molecule has 0 bridgehead atoms. The van der Waals surface area contributed by atoms with E-state index in [2.05, 4.69) is 108 Å². The van der Waals surface area contributed by atoms with Crippen molar-refractivity contribution >= 4 is 0 Å². The van der Waals surface area contributed by atoms with Gasteiger partial charge in [-0.1, -0.05) is 110 Å². The normalized spacial score (nSPS) is 15.5. The first-order valence-corrected chi connectivity index (χ1v) is 10.8.